The fourth-order valence-corrected chi connectivity index (χ4v) is 7.02. The number of carboxylic acid groups (broad SMARTS) is 1. The lowest BCUT2D eigenvalue weighted by molar-refractivity contribution is -0.268. The van der Waals surface area contributed by atoms with Crippen LogP contribution in [0, 0.1) is 35.0 Å². The third-order valence-electron chi connectivity index (χ3n) is 8.97. The summed E-state index contributed by atoms with van der Waals surface area (Å²) < 4.78 is 82.0. The Hall–Kier alpha value is -5.08. The summed E-state index contributed by atoms with van der Waals surface area (Å²) in [5.74, 6) is -13.1. The van der Waals surface area contributed by atoms with Gasteiger partial charge >= 0.3 is 5.97 Å². The molecule has 0 spiro atoms. The van der Waals surface area contributed by atoms with Crippen molar-refractivity contribution >= 4 is 23.6 Å². The Bertz CT molecular complexity index is 2090. The van der Waals surface area contributed by atoms with Gasteiger partial charge in [0, 0.05) is 28.7 Å². The number of hydrogen-bond donors (Lipinski definition) is 3. The number of carboxylic acids is 1. The van der Waals surface area contributed by atoms with Crippen molar-refractivity contribution in [2.24, 2.45) is 5.92 Å². The van der Waals surface area contributed by atoms with Crippen molar-refractivity contribution in [1.29, 1.82) is 0 Å². The van der Waals surface area contributed by atoms with Crippen LogP contribution in [0.1, 0.15) is 62.3 Å². The SMILES string of the molecule is C[C@H]1[C@@H](CSc2ccc(C(=O)O)cc2)O[C@@H](c2ccc(-c3cccc(CNC(=O)c4c(F)c(F)c(F)c(F)c4F)c3)cc2)O[C@H]1c1ccc(CO)cc1. The number of nitrogens with one attached hydrogen (secondary N) is 1. The summed E-state index contributed by atoms with van der Waals surface area (Å²) in [7, 11) is 0. The summed E-state index contributed by atoms with van der Waals surface area (Å²) in [6, 6.07) is 28.4. The molecule has 1 saturated heterocycles. The van der Waals surface area contributed by atoms with Gasteiger partial charge in [0.2, 0.25) is 5.82 Å². The highest BCUT2D eigenvalue weighted by molar-refractivity contribution is 7.99. The Morgan fingerprint density at radius 3 is 1.98 bits per heavy atom. The molecule has 274 valence electrons. The van der Waals surface area contributed by atoms with Crippen molar-refractivity contribution in [1.82, 2.24) is 5.32 Å². The van der Waals surface area contributed by atoms with Crippen LogP contribution in [0.5, 0.6) is 0 Å². The van der Waals surface area contributed by atoms with Gasteiger partial charge in [0.1, 0.15) is 5.56 Å². The summed E-state index contributed by atoms with van der Waals surface area (Å²) in [5.41, 5.74) is 3.07. The third-order valence-corrected chi connectivity index (χ3v) is 10.1. The van der Waals surface area contributed by atoms with Gasteiger partial charge in [-0.15, -0.1) is 11.8 Å². The normalized spacial score (nSPS) is 18.5. The standard InChI is InChI=1S/C40H32F5NO6S/c1-21-30(20-53-29-15-13-26(14-16-29)39(49)50)51-40(52-37(21)25-7-5-22(19-47)6-8-25)27-11-9-24(10-12-27)28-4-2-3-23(17-28)18-46-38(48)31-32(41)34(43)36(45)35(44)33(31)42/h2-17,21,30,37,40,47H,18-20H2,1H3,(H,46,48)(H,49,50)/t21-,30+,37+,40+/m0/s1. The second-order valence-electron chi connectivity index (χ2n) is 12.4. The zero-order chi connectivity index (χ0) is 37.8. The summed E-state index contributed by atoms with van der Waals surface area (Å²) in [4.78, 5) is 24.6. The molecule has 1 amide bonds. The molecule has 13 heteroatoms. The van der Waals surface area contributed by atoms with Crippen molar-refractivity contribution < 1.29 is 51.2 Å². The molecule has 1 aliphatic heterocycles. The number of rotatable bonds is 11. The van der Waals surface area contributed by atoms with Crippen molar-refractivity contribution in [3.63, 3.8) is 0 Å². The maximum atomic E-state index is 14.1. The minimum Gasteiger partial charge on any atom is -0.478 e. The molecule has 5 aromatic rings. The van der Waals surface area contributed by atoms with Crippen LogP contribution in [0.4, 0.5) is 22.0 Å². The number of ether oxygens (including phenoxy) is 2. The Labute approximate surface area is 305 Å². The predicted molar refractivity (Wildman–Crippen MR) is 186 cm³/mol. The monoisotopic (exact) mass is 749 g/mol. The van der Waals surface area contributed by atoms with Gasteiger partial charge in [-0.1, -0.05) is 73.7 Å². The molecule has 3 N–H and O–H groups in total. The molecule has 0 bridgehead atoms. The highest BCUT2D eigenvalue weighted by Crippen LogP contribution is 2.43. The fraction of sp³-hybridized carbons (Fsp3) is 0.200. The largest absolute Gasteiger partial charge is 0.478 e. The summed E-state index contributed by atoms with van der Waals surface area (Å²) in [6.07, 6.45) is -1.36. The van der Waals surface area contributed by atoms with Crippen molar-refractivity contribution in [3.8, 4) is 11.1 Å². The molecular weight excluding hydrogens is 717 g/mol. The number of aliphatic hydroxyl groups is 1. The smallest absolute Gasteiger partial charge is 0.335 e. The summed E-state index contributed by atoms with van der Waals surface area (Å²) >= 11 is 1.54. The molecule has 0 radical (unpaired) electrons. The average molecular weight is 750 g/mol. The Morgan fingerprint density at radius 2 is 1.36 bits per heavy atom. The van der Waals surface area contributed by atoms with E-state index in [2.05, 4.69) is 5.32 Å². The number of hydrogen-bond acceptors (Lipinski definition) is 6. The zero-order valence-electron chi connectivity index (χ0n) is 28.0. The lowest BCUT2D eigenvalue weighted by atomic mass is 9.91. The third kappa shape index (κ3) is 8.28. The first-order valence-corrected chi connectivity index (χ1v) is 17.4. The molecule has 6 rings (SSSR count). The summed E-state index contributed by atoms with van der Waals surface area (Å²) in [6.45, 7) is 1.70. The van der Waals surface area contributed by atoms with Gasteiger partial charge < -0.3 is 25.0 Å². The van der Waals surface area contributed by atoms with Gasteiger partial charge in [-0.05, 0) is 58.1 Å². The first-order chi connectivity index (χ1) is 25.4. The van der Waals surface area contributed by atoms with Crippen LogP contribution in [0.25, 0.3) is 11.1 Å². The number of benzene rings is 5. The molecule has 4 atom stereocenters. The van der Waals surface area contributed by atoms with Crippen LogP contribution in [0.2, 0.25) is 0 Å². The van der Waals surface area contributed by atoms with Crippen molar-refractivity contribution in [3.05, 3.63) is 160 Å². The molecule has 5 aromatic carbocycles. The Balaban J connectivity index is 1.18. The van der Waals surface area contributed by atoms with E-state index in [-0.39, 0.29) is 36.8 Å². The van der Waals surface area contributed by atoms with E-state index in [1.807, 2.05) is 61.5 Å². The molecule has 0 aromatic heterocycles. The van der Waals surface area contributed by atoms with E-state index in [0.717, 1.165) is 32.7 Å². The lowest BCUT2D eigenvalue weighted by Gasteiger charge is -2.41. The van der Waals surface area contributed by atoms with Crippen LogP contribution >= 0.6 is 11.8 Å². The number of thioether (sulfide) groups is 1. The quantitative estimate of drug-likeness (QED) is 0.0537. The average Bonchev–Trinajstić information content (AvgIpc) is 3.18. The van der Waals surface area contributed by atoms with E-state index in [1.54, 1.807) is 54.2 Å². The maximum Gasteiger partial charge on any atom is 0.335 e. The highest BCUT2D eigenvalue weighted by Gasteiger charge is 2.38. The van der Waals surface area contributed by atoms with Gasteiger partial charge in [-0.25, -0.2) is 26.7 Å². The lowest BCUT2D eigenvalue weighted by Crippen LogP contribution is -2.38. The Morgan fingerprint density at radius 1 is 0.736 bits per heavy atom. The molecule has 1 heterocycles. The van der Waals surface area contributed by atoms with Crippen LogP contribution in [-0.4, -0.2) is 33.9 Å². The highest BCUT2D eigenvalue weighted by atomic mass is 32.2. The molecule has 0 saturated carbocycles. The number of carbonyl (C=O) groups is 2. The van der Waals surface area contributed by atoms with E-state index in [1.165, 1.54) is 0 Å². The van der Waals surface area contributed by atoms with Gasteiger partial charge in [-0.3, -0.25) is 4.79 Å². The zero-order valence-corrected chi connectivity index (χ0v) is 28.8. The molecule has 53 heavy (non-hydrogen) atoms. The van der Waals surface area contributed by atoms with Crippen LogP contribution in [-0.2, 0) is 22.6 Å². The molecule has 1 aliphatic rings. The molecule has 0 aliphatic carbocycles. The van der Waals surface area contributed by atoms with E-state index >= 15 is 0 Å². The van der Waals surface area contributed by atoms with Gasteiger partial charge in [0.05, 0.1) is 24.4 Å². The van der Waals surface area contributed by atoms with Crippen molar-refractivity contribution in [2.45, 2.75) is 43.5 Å². The van der Waals surface area contributed by atoms with Crippen LogP contribution < -0.4 is 5.32 Å². The molecule has 7 nitrogen and oxygen atoms in total. The topological polar surface area (TPSA) is 105 Å². The first kappa shape index (κ1) is 37.7. The number of aliphatic hydroxyl groups excluding tert-OH is 1. The van der Waals surface area contributed by atoms with Gasteiger partial charge in [0.15, 0.2) is 29.6 Å². The molecular formula is C40H32F5NO6S. The molecule has 1 fully saturated rings. The fourth-order valence-electron chi connectivity index (χ4n) is 5.95. The van der Waals surface area contributed by atoms with E-state index in [9.17, 15) is 41.8 Å². The second kappa shape index (κ2) is 16.3. The number of halogens is 5. The minimum atomic E-state index is -2.35. The second-order valence-corrected chi connectivity index (χ2v) is 13.5. The maximum absolute atomic E-state index is 14.1. The Kier molecular flexibility index (Phi) is 11.6. The van der Waals surface area contributed by atoms with E-state index in [4.69, 9.17) is 9.47 Å². The minimum absolute atomic E-state index is 0.0754. The van der Waals surface area contributed by atoms with Gasteiger partial charge in [0.25, 0.3) is 5.91 Å². The van der Waals surface area contributed by atoms with Gasteiger partial charge in [-0.2, -0.15) is 0 Å². The number of aromatic carboxylic acids is 1. The molecule has 0 unspecified atom stereocenters. The number of carbonyl (C=O) groups excluding carboxylic acids is 1. The van der Waals surface area contributed by atoms with Crippen molar-refractivity contribution in [2.75, 3.05) is 5.75 Å². The first-order valence-electron chi connectivity index (χ1n) is 16.4. The van der Waals surface area contributed by atoms with Crippen LogP contribution in [0.15, 0.2) is 102 Å². The van der Waals surface area contributed by atoms with E-state index in [0.29, 0.717) is 11.3 Å². The predicted octanol–water partition coefficient (Wildman–Crippen LogP) is 8.75. The van der Waals surface area contributed by atoms with Crippen LogP contribution in [0.3, 0.4) is 0 Å². The summed E-state index contributed by atoms with van der Waals surface area (Å²) in [5, 5.41) is 21.0. The van der Waals surface area contributed by atoms with E-state index < -0.39 is 52.8 Å². The number of amides is 1.